The Kier molecular flexibility index (Phi) is 13.3. The van der Waals surface area contributed by atoms with Crippen LogP contribution in [0.15, 0.2) is 126 Å². The summed E-state index contributed by atoms with van der Waals surface area (Å²) >= 11 is 1.53. The molecule has 5 atom stereocenters. The highest BCUT2D eigenvalue weighted by Gasteiger charge is 2.52. The van der Waals surface area contributed by atoms with Gasteiger partial charge in [-0.2, -0.15) is 0 Å². The Morgan fingerprint density at radius 2 is 1.21 bits per heavy atom. The van der Waals surface area contributed by atoms with Crippen molar-refractivity contribution in [1.82, 2.24) is 0 Å². The predicted octanol–water partition coefficient (Wildman–Crippen LogP) is 8.92. The minimum atomic E-state index is -2.19. The number of hydrogen-bond donors (Lipinski definition) is 0. The van der Waals surface area contributed by atoms with Crippen molar-refractivity contribution in [2.75, 3.05) is 6.61 Å². The molecule has 4 aromatic carbocycles. The standard InChI is InChI=1S/C39H46O6SSi/c1-4-47(5-2,6-3)45-35-34(29-41-27-30-19-11-7-12-20-30)43-39(46-33-25-17-10-18-26-33)37(44-38(40)32-23-15-9-16-24-32)36(35)42-28-31-21-13-8-14-22-31/h7-26,34-37,39H,4-6,27-29H2,1-3H3/t34-,35-,36+,37-,39+/m1/s1. The lowest BCUT2D eigenvalue weighted by Gasteiger charge is -2.48. The molecular weight excluding hydrogens is 625 g/mol. The molecule has 0 N–H and O–H groups in total. The van der Waals surface area contributed by atoms with Gasteiger partial charge in [-0.15, -0.1) is 0 Å². The number of hydrogen-bond acceptors (Lipinski definition) is 7. The van der Waals surface area contributed by atoms with E-state index in [4.69, 9.17) is 23.4 Å². The molecule has 1 aliphatic heterocycles. The molecule has 1 fully saturated rings. The molecular formula is C39H46O6SSi. The fourth-order valence-electron chi connectivity index (χ4n) is 5.89. The van der Waals surface area contributed by atoms with Crippen molar-refractivity contribution in [1.29, 1.82) is 0 Å². The maximum absolute atomic E-state index is 13.7. The van der Waals surface area contributed by atoms with Crippen LogP contribution in [-0.2, 0) is 36.6 Å². The van der Waals surface area contributed by atoms with Crippen LogP contribution in [0.1, 0.15) is 42.3 Å². The fraction of sp³-hybridized carbons (Fsp3) is 0.359. The number of rotatable bonds is 16. The average Bonchev–Trinajstić information content (AvgIpc) is 3.13. The summed E-state index contributed by atoms with van der Waals surface area (Å²) in [5.41, 5.74) is 2.02. The Morgan fingerprint density at radius 1 is 0.681 bits per heavy atom. The van der Waals surface area contributed by atoms with E-state index in [-0.39, 0.29) is 0 Å². The van der Waals surface area contributed by atoms with Crippen molar-refractivity contribution in [2.45, 2.75) is 86.9 Å². The van der Waals surface area contributed by atoms with Crippen LogP contribution >= 0.6 is 11.8 Å². The third kappa shape index (κ3) is 9.66. The van der Waals surface area contributed by atoms with Crippen molar-refractivity contribution < 1.29 is 28.2 Å². The van der Waals surface area contributed by atoms with Gasteiger partial charge in [0.15, 0.2) is 14.4 Å². The van der Waals surface area contributed by atoms with E-state index in [0.717, 1.165) is 34.2 Å². The second-order valence-corrected chi connectivity index (χ2v) is 17.7. The van der Waals surface area contributed by atoms with Crippen LogP contribution in [0.3, 0.4) is 0 Å². The normalized spacial score (nSPS) is 21.3. The number of carbonyl (C=O) groups excluding carboxylic acids is 1. The topological polar surface area (TPSA) is 63.2 Å². The number of thioether (sulfide) groups is 1. The van der Waals surface area contributed by atoms with Gasteiger partial charge in [-0.3, -0.25) is 0 Å². The largest absolute Gasteiger partial charge is 0.452 e. The third-order valence-corrected chi connectivity index (χ3v) is 14.6. The minimum absolute atomic E-state index is 0.303. The highest BCUT2D eigenvalue weighted by atomic mass is 32.2. The Bertz CT molecular complexity index is 1460. The van der Waals surface area contributed by atoms with E-state index in [1.807, 2.05) is 97.1 Å². The molecule has 248 valence electrons. The van der Waals surface area contributed by atoms with Crippen LogP contribution in [0.5, 0.6) is 0 Å². The Balaban J connectivity index is 1.53. The zero-order chi connectivity index (χ0) is 32.9. The van der Waals surface area contributed by atoms with Gasteiger partial charge in [0.2, 0.25) is 0 Å². The monoisotopic (exact) mass is 670 g/mol. The van der Waals surface area contributed by atoms with Crippen molar-refractivity contribution >= 4 is 26.0 Å². The van der Waals surface area contributed by atoms with Gasteiger partial charge in [0.1, 0.15) is 23.7 Å². The lowest BCUT2D eigenvalue weighted by molar-refractivity contribution is -0.222. The maximum atomic E-state index is 13.7. The van der Waals surface area contributed by atoms with Gasteiger partial charge in [0.25, 0.3) is 0 Å². The lowest BCUT2D eigenvalue weighted by Crippen LogP contribution is -2.63. The van der Waals surface area contributed by atoms with Crippen LogP contribution < -0.4 is 0 Å². The summed E-state index contributed by atoms with van der Waals surface area (Å²) in [7, 11) is -2.19. The SMILES string of the molecule is CC[Si](CC)(CC)O[C@H]1[C@H](OCc2ccccc2)[C@@H](OC(=O)c2ccccc2)[C@H](Sc2ccccc2)O[C@@H]1COCc1ccccc1. The first kappa shape index (κ1) is 35.1. The first-order valence-electron chi connectivity index (χ1n) is 16.6. The number of esters is 1. The highest BCUT2D eigenvalue weighted by molar-refractivity contribution is 7.99. The third-order valence-electron chi connectivity index (χ3n) is 8.84. The average molecular weight is 671 g/mol. The van der Waals surface area contributed by atoms with Crippen LogP contribution in [-0.4, -0.2) is 50.7 Å². The second-order valence-electron chi connectivity index (χ2n) is 11.8. The summed E-state index contributed by atoms with van der Waals surface area (Å²) in [4.78, 5) is 14.7. The first-order chi connectivity index (χ1) is 23.0. The van der Waals surface area contributed by atoms with Crippen LogP contribution in [0.25, 0.3) is 0 Å². The van der Waals surface area contributed by atoms with Crippen LogP contribution in [0.2, 0.25) is 18.1 Å². The van der Waals surface area contributed by atoms with E-state index in [1.165, 1.54) is 11.8 Å². The molecule has 0 spiro atoms. The molecule has 0 aliphatic carbocycles. The first-order valence-corrected chi connectivity index (χ1v) is 20.0. The van der Waals surface area contributed by atoms with E-state index < -0.39 is 44.1 Å². The van der Waals surface area contributed by atoms with Gasteiger partial charge >= 0.3 is 5.97 Å². The molecule has 0 amide bonds. The molecule has 47 heavy (non-hydrogen) atoms. The number of carbonyl (C=O) groups is 1. The number of ether oxygens (including phenoxy) is 4. The Morgan fingerprint density at radius 3 is 1.79 bits per heavy atom. The molecule has 5 rings (SSSR count). The van der Waals surface area contributed by atoms with Crippen LogP contribution in [0, 0.1) is 0 Å². The molecule has 0 unspecified atom stereocenters. The summed E-state index contributed by atoms with van der Waals surface area (Å²) in [6, 6.07) is 42.2. The molecule has 0 saturated carbocycles. The van der Waals surface area contributed by atoms with E-state index in [0.29, 0.717) is 25.4 Å². The van der Waals surface area contributed by atoms with Crippen molar-refractivity contribution in [2.24, 2.45) is 0 Å². The fourth-order valence-corrected chi connectivity index (χ4v) is 9.87. The molecule has 0 radical (unpaired) electrons. The maximum Gasteiger partial charge on any atom is 0.338 e. The zero-order valence-electron chi connectivity index (χ0n) is 27.5. The molecule has 0 aromatic heterocycles. The smallest absolute Gasteiger partial charge is 0.338 e. The molecule has 1 heterocycles. The predicted molar refractivity (Wildman–Crippen MR) is 190 cm³/mol. The second kappa shape index (κ2) is 17.8. The van der Waals surface area contributed by atoms with E-state index in [9.17, 15) is 4.79 Å². The zero-order valence-corrected chi connectivity index (χ0v) is 29.4. The lowest BCUT2D eigenvalue weighted by atomic mass is 9.99. The Labute approximate surface area is 284 Å². The van der Waals surface area contributed by atoms with Gasteiger partial charge in [-0.05, 0) is 53.5 Å². The summed E-state index contributed by atoms with van der Waals surface area (Å²) < 4.78 is 33.8. The van der Waals surface area contributed by atoms with Crippen molar-refractivity contribution in [3.8, 4) is 0 Å². The molecule has 6 nitrogen and oxygen atoms in total. The van der Waals surface area contributed by atoms with Crippen LogP contribution in [0.4, 0.5) is 0 Å². The molecule has 8 heteroatoms. The minimum Gasteiger partial charge on any atom is -0.452 e. The van der Waals surface area contributed by atoms with Crippen molar-refractivity contribution in [3.05, 3.63) is 138 Å². The van der Waals surface area contributed by atoms with Gasteiger partial charge in [-0.1, -0.05) is 130 Å². The summed E-state index contributed by atoms with van der Waals surface area (Å²) in [6.07, 6.45) is -2.34. The quantitative estimate of drug-likeness (QED) is 0.0872. The van der Waals surface area contributed by atoms with E-state index >= 15 is 0 Å². The van der Waals surface area contributed by atoms with Gasteiger partial charge in [0, 0.05) is 4.90 Å². The highest BCUT2D eigenvalue weighted by Crippen LogP contribution is 2.40. The molecule has 1 aliphatic rings. The molecule has 0 bridgehead atoms. The molecule has 4 aromatic rings. The van der Waals surface area contributed by atoms with Gasteiger partial charge in [-0.25, -0.2) is 4.79 Å². The van der Waals surface area contributed by atoms with E-state index in [1.54, 1.807) is 12.1 Å². The Hall–Kier alpha value is -3.24. The van der Waals surface area contributed by atoms with Crippen molar-refractivity contribution in [3.63, 3.8) is 0 Å². The van der Waals surface area contributed by atoms with E-state index in [2.05, 4.69) is 32.9 Å². The summed E-state index contributed by atoms with van der Waals surface area (Å²) in [5, 5.41) is 0. The number of benzene rings is 4. The summed E-state index contributed by atoms with van der Waals surface area (Å²) in [5.74, 6) is -0.423. The molecule has 1 saturated heterocycles. The summed E-state index contributed by atoms with van der Waals surface area (Å²) in [6.45, 7) is 7.73. The van der Waals surface area contributed by atoms with Gasteiger partial charge in [0.05, 0.1) is 25.4 Å². The van der Waals surface area contributed by atoms with Gasteiger partial charge < -0.3 is 23.4 Å².